The number of aromatic nitrogens is 4. The van der Waals surface area contributed by atoms with Gasteiger partial charge in [0.25, 0.3) is 0 Å². The molecule has 0 aromatic carbocycles. The number of aromatic hydroxyl groups is 1. The minimum atomic E-state index is -0.218. The number of carbonyl (C=O) groups excluding carboxylic acids is 2. The first-order valence-corrected chi connectivity index (χ1v) is 14.6. The van der Waals surface area contributed by atoms with Crippen molar-refractivity contribution in [2.24, 2.45) is 10.8 Å². The summed E-state index contributed by atoms with van der Waals surface area (Å²) in [4.78, 5) is 37.3. The number of rotatable bonds is 17. The molecule has 0 aliphatic rings. The molecule has 2 aromatic rings. The fraction of sp³-hybridized carbons (Fsp3) is 0.714. The molecule has 0 unspecified atom stereocenters. The first-order valence-electron chi connectivity index (χ1n) is 13.7. The summed E-state index contributed by atoms with van der Waals surface area (Å²) in [5.74, 6) is 0.194. The molecule has 0 bridgehead atoms. The van der Waals surface area contributed by atoms with E-state index in [4.69, 9.17) is 12.2 Å². The van der Waals surface area contributed by atoms with Gasteiger partial charge < -0.3 is 14.2 Å². The summed E-state index contributed by atoms with van der Waals surface area (Å²) in [6.07, 6.45) is 7.84. The van der Waals surface area contributed by atoms with Gasteiger partial charge in [-0.2, -0.15) is 0 Å². The van der Waals surface area contributed by atoms with Crippen molar-refractivity contribution in [3.05, 3.63) is 27.6 Å². The van der Waals surface area contributed by atoms with Crippen molar-refractivity contribution < 1.29 is 14.7 Å². The maximum Gasteiger partial charge on any atom is 0.331 e. The smallest absolute Gasteiger partial charge is 0.331 e. The lowest BCUT2D eigenvalue weighted by atomic mass is 9.82. The van der Waals surface area contributed by atoms with Crippen molar-refractivity contribution in [3.8, 4) is 5.88 Å². The molecular weight excluding hydrogens is 520 g/mol. The summed E-state index contributed by atoms with van der Waals surface area (Å²) in [6.45, 7) is 14.8. The molecule has 38 heavy (non-hydrogen) atoms. The van der Waals surface area contributed by atoms with E-state index >= 15 is 0 Å². The summed E-state index contributed by atoms with van der Waals surface area (Å²) in [6, 6.07) is 0. The number of nitrogens with zero attached hydrogens (tertiary/aromatic N) is 4. The zero-order valence-corrected chi connectivity index (χ0v) is 25.7. The molecule has 0 saturated carbocycles. The van der Waals surface area contributed by atoms with Gasteiger partial charge >= 0.3 is 5.69 Å². The minimum Gasteiger partial charge on any atom is -0.493 e. The maximum absolute atomic E-state index is 12.5. The van der Waals surface area contributed by atoms with Crippen molar-refractivity contribution in [2.75, 3.05) is 0 Å². The van der Waals surface area contributed by atoms with Crippen LogP contribution >= 0.6 is 24.8 Å². The lowest BCUT2D eigenvalue weighted by molar-refractivity contribution is -0.124. The third-order valence-corrected chi connectivity index (χ3v) is 8.41. The number of carbonyl (C=O) groups is 2. The van der Waals surface area contributed by atoms with Gasteiger partial charge in [-0.05, 0) is 62.6 Å². The summed E-state index contributed by atoms with van der Waals surface area (Å²) in [7, 11) is 0. The van der Waals surface area contributed by atoms with Crippen LogP contribution in [0.15, 0.2) is 22.2 Å². The van der Waals surface area contributed by atoms with E-state index < -0.39 is 0 Å². The fourth-order valence-electron chi connectivity index (χ4n) is 4.47. The Balaban J connectivity index is 1.72. The van der Waals surface area contributed by atoms with Gasteiger partial charge in [0.05, 0.1) is 11.2 Å². The summed E-state index contributed by atoms with van der Waals surface area (Å²) >= 11 is 10.1. The van der Waals surface area contributed by atoms with Gasteiger partial charge in [0.15, 0.2) is 4.77 Å². The van der Waals surface area contributed by atoms with E-state index in [9.17, 15) is 19.5 Å². The van der Waals surface area contributed by atoms with Crippen LogP contribution in [0, 0.1) is 15.6 Å². The Morgan fingerprint density at radius 3 is 1.71 bits per heavy atom. The monoisotopic (exact) mass is 566 g/mol. The number of ketones is 2. The lowest BCUT2D eigenvalue weighted by Crippen LogP contribution is -2.26. The highest BCUT2D eigenvalue weighted by molar-refractivity contribution is 7.80. The maximum atomic E-state index is 12.5. The number of aryl methyl sites for hydroxylation is 2. The summed E-state index contributed by atoms with van der Waals surface area (Å²) in [5.41, 5.74) is -0.413. The Morgan fingerprint density at radius 1 is 0.816 bits per heavy atom. The topological polar surface area (TPSA) is 91.2 Å². The number of thiol groups is 1. The van der Waals surface area contributed by atoms with E-state index in [1.54, 1.807) is 0 Å². The molecule has 2 aromatic heterocycles. The molecule has 0 aliphatic carbocycles. The standard InChI is InChI=1S/C28H46N4O4S2/c1-7-29-19-23(35)31(25(29)36)17-15-27(3,4)13-11-21(33)9-10-22(34)12-14-28(5,6)16-18-32-24(37)20-30(8-2)26(32)38/h19-20,35,37H,7-18H2,1-6H3. The van der Waals surface area contributed by atoms with Gasteiger partial charge in [-0.3, -0.25) is 18.7 Å². The Morgan fingerprint density at radius 2 is 1.29 bits per heavy atom. The Kier molecular flexibility index (Phi) is 11.7. The molecule has 0 aliphatic heterocycles. The molecule has 0 fully saturated rings. The molecular formula is C28H46N4O4S2. The van der Waals surface area contributed by atoms with E-state index in [-0.39, 0.29) is 46.8 Å². The Hall–Kier alpha value is -2.07. The van der Waals surface area contributed by atoms with Crippen LogP contribution in [0.25, 0.3) is 0 Å². The highest BCUT2D eigenvalue weighted by Gasteiger charge is 2.23. The van der Waals surface area contributed by atoms with Crippen LogP contribution in [0.3, 0.4) is 0 Å². The zero-order chi connectivity index (χ0) is 28.7. The quantitative estimate of drug-likeness (QED) is 0.180. The van der Waals surface area contributed by atoms with Gasteiger partial charge in [-0.1, -0.05) is 27.7 Å². The third kappa shape index (κ3) is 9.29. The van der Waals surface area contributed by atoms with Crippen molar-refractivity contribution >= 4 is 36.4 Å². The second kappa shape index (κ2) is 13.8. The van der Waals surface area contributed by atoms with Crippen LogP contribution in [0.2, 0.25) is 0 Å². The first kappa shape index (κ1) is 32.1. The Bertz CT molecular complexity index is 1120. The van der Waals surface area contributed by atoms with Crippen molar-refractivity contribution in [3.63, 3.8) is 0 Å². The highest BCUT2D eigenvalue weighted by atomic mass is 32.1. The van der Waals surface area contributed by atoms with Gasteiger partial charge in [0, 0.05) is 58.1 Å². The van der Waals surface area contributed by atoms with Crippen LogP contribution < -0.4 is 5.69 Å². The second-order valence-electron chi connectivity index (χ2n) is 11.8. The van der Waals surface area contributed by atoms with Crippen molar-refractivity contribution in [1.29, 1.82) is 0 Å². The molecule has 0 amide bonds. The summed E-state index contributed by atoms with van der Waals surface area (Å²) in [5, 5.41) is 10.9. The lowest BCUT2D eigenvalue weighted by Gasteiger charge is -2.25. The molecule has 10 heteroatoms. The predicted molar refractivity (Wildman–Crippen MR) is 157 cm³/mol. The van der Waals surface area contributed by atoms with Crippen molar-refractivity contribution in [1.82, 2.24) is 18.3 Å². The minimum absolute atomic E-state index is 0.0263. The van der Waals surface area contributed by atoms with Crippen LogP contribution in [-0.2, 0) is 35.8 Å². The molecule has 0 radical (unpaired) electrons. The Labute approximate surface area is 237 Å². The predicted octanol–water partition coefficient (Wildman–Crippen LogP) is 6.03. The third-order valence-electron chi connectivity index (χ3n) is 7.60. The normalized spacial score (nSPS) is 12.3. The number of hydrogen-bond donors (Lipinski definition) is 2. The number of Topliss-reactive ketones (excluding diaryl/α,β-unsaturated/α-hetero) is 2. The molecule has 2 rings (SSSR count). The van der Waals surface area contributed by atoms with E-state index in [1.807, 2.05) is 22.3 Å². The number of hydrogen-bond acceptors (Lipinski definition) is 6. The molecule has 8 nitrogen and oxygen atoms in total. The van der Waals surface area contributed by atoms with Gasteiger partial charge in [0.1, 0.15) is 11.6 Å². The van der Waals surface area contributed by atoms with E-state index in [0.717, 1.165) is 35.7 Å². The van der Waals surface area contributed by atoms with Gasteiger partial charge in [0.2, 0.25) is 5.88 Å². The average Bonchev–Trinajstić information content (AvgIpc) is 3.30. The van der Waals surface area contributed by atoms with Crippen LogP contribution in [0.5, 0.6) is 5.88 Å². The molecule has 0 spiro atoms. The van der Waals surface area contributed by atoms with Crippen LogP contribution in [0.4, 0.5) is 0 Å². The van der Waals surface area contributed by atoms with Crippen LogP contribution in [-0.4, -0.2) is 34.9 Å². The summed E-state index contributed by atoms with van der Waals surface area (Å²) < 4.78 is 7.66. The first-order chi connectivity index (χ1) is 17.7. The van der Waals surface area contributed by atoms with Gasteiger partial charge in [-0.25, -0.2) is 4.79 Å². The zero-order valence-electron chi connectivity index (χ0n) is 24.0. The van der Waals surface area contributed by atoms with E-state index in [1.165, 1.54) is 15.3 Å². The fourth-order valence-corrected chi connectivity index (χ4v) is 5.24. The van der Waals surface area contributed by atoms with E-state index in [2.05, 4.69) is 47.2 Å². The molecule has 2 heterocycles. The molecule has 0 atom stereocenters. The van der Waals surface area contributed by atoms with Crippen molar-refractivity contribution in [2.45, 2.75) is 124 Å². The van der Waals surface area contributed by atoms with E-state index in [0.29, 0.717) is 38.8 Å². The number of imidazole rings is 2. The second-order valence-corrected chi connectivity index (χ2v) is 12.6. The van der Waals surface area contributed by atoms with Gasteiger partial charge in [-0.15, -0.1) is 12.6 Å². The average molecular weight is 567 g/mol. The molecule has 0 saturated heterocycles. The molecule has 1 N–H and O–H groups in total. The largest absolute Gasteiger partial charge is 0.493 e. The SMILES string of the molecule is CCn1cc(O)n(CCC(C)(C)CCC(=O)CCC(=O)CCC(C)(C)CCn2c(S)cn(CC)c2=S)c1=O. The van der Waals surface area contributed by atoms with Crippen LogP contribution in [0.1, 0.15) is 92.9 Å². The molecule has 214 valence electrons. The highest BCUT2D eigenvalue weighted by Crippen LogP contribution is 2.30.